The van der Waals surface area contributed by atoms with E-state index in [1.165, 1.54) is 19.8 Å². The van der Waals surface area contributed by atoms with Crippen molar-refractivity contribution in [1.29, 1.82) is 0 Å². The Balaban J connectivity index is 1.41. The zero-order valence-electron chi connectivity index (χ0n) is 14.4. The number of aromatic nitrogens is 1. The van der Waals surface area contributed by atoms with Crippen LogP contribution in [0.3, 0.4) is 0 Å². The van der Waals surface area contributed by atoms with Crippen LogP contribution in [0.25, 0.3) is 10.9 Å². The predicted octanol–water partition coefficient (Wildman–Crippen LogP) is 2.93. The van der Waals surface area contributed by atoms with E-state index in [-0.39, 0.29) is 11.8 Å². The Morgan fingerprint density at radius 3 is 2.80 bits per heavy atom. The van der Waals surface area contributed by atoms with Gasteiger partial charge in [-0.25, -0.2) is 0 Å². The topological polar surface area (TPSA) is 63.1 Å². The van der Waals surface area contributed by atoms with E-state index >= 15 is 0 Å². The minimum atomic E-state index is -0.0992. The second kappa shape index (κ2) is 6.39. The highest BCUT2D eigenvalue weighted by Gasteiger charge is 2.35. The number of nitrogens with zero attached hydrogens (tertiary/aromatic N) is 1. The molecular formula is C20H23N3O2. The zero-order valence-corrected chi connectivity index (χ0v) is 14.4. The van der Waals surface area contributed by atoms with Crippen molar-refractivity contribution < 1.29 is 9.59 Å². The van der Waals surface area contributed by atoms with Gasteiger partial charge in [0, 0.05) is 25.1 Å². The molecule has 1 saturated carbocycles. The van der Waals surface area contributed by atoms with Crippen molar-refractivity contribution in [3.05, 3.63) is 42.6 Å². The number of benzene rings is 1. The van der Waals surface area contributed by atoms with Crippen LogP contribution in [0.4, 0.5) is 5.69 Å². The minimum absolute atomic E-state index is 0.0363. The molecule has 2 N–H and O–H groups in total. The van der Waals surface area contributed by atoms with Crippen LogP contribution < -0.4 is 10.6 Å². The van der Waals surface area contributed by atoms with Gasteiger partial charge in [0.1, 0.15) is 6.54 Å². The van der Waals surface area contributed by atoms with Crippen LogP contribution in [0.5, 0.6) is 0 Å². The molecule has 130 valence electrons. The average Bonchev–Trinajstić information content (AvgIpc) is 3.29. The lowest BCUT2D eigenvalue weighted by atomic mass is 9.94. The van der Waals surface area contributed by atoms with Gasteiger partial charge in [0.15, 0.2) is 0 Å². The molecule has 2 aliphatic rings. The van der Waals surface area contributed by atoms with Crippen LogP contribution in [0, 0.1) is 17.8 Å². The number of carbonyl (C=O) groups is 2. The first-order valence-corrected chi connectivity index (χ1v) is 8.90. The Labute approximate surface area is 147 Å². The van der Waals surface area contributed by atoms with Crippen molar-refractivity contribution in [1.82, 2.24) is 9.88 Å². The first kappa shape index (κ1) is 15.9. The van der Waals surface area contributed by atoms with Gasteiger partial charge in [-0.15, -0.1) is 0 Å². The van der Waals surface area contributed by atoms with Crippen molar-refractivity contribution in [2.75, 3.05) is 11.9 Å². The lowest BCUT2D eigenvalue weighted by molar-refractivity contribution is -0.121. The van der Waals surface area contributed by atoms with Gasteiger partial charge in [0.25, 0.3) is 0 Å². The summed E-state index contributed by atoms with van der Waals surface area (Å²) >= 11 is 0. The molecule has 5 heteroatoms. The van der Waals surface area contributed by atoms with E-state index in [2.05, 4.69) is 22.8 Å². The molecule has 2 amide bonds. The van der Waals surface area contributed by atoms with Crippen molar-refractivity contribution in [3.63, 3.8) is 0 Å². The lowest BCUT2D eigenvalue weighted by Gasteiger charge is -2.18. The van der Waals surface area contributed by atoms with E-state index in [1.54, 1.807) is 0 Å². The molecule has 0 aliphatic heterocycles. The van der Waals surface area contributed by atoms with Crippen molar-refractivity contribution in [2.24, 2.45) is 17.8 Å². The number of allylic oxidation sites excluding steroid dienone is 2. The molecule has 2 aromatic rings. The molecule has 0 saturated heterocycles. The fourth-order valence-corrected chi connectivity index (χ4v) is 4.24. The Bertz CT molecular complexity index is 852. The third-order valence-corrected chi connectivity index (χ3v) is 5.42. The summed E-state index contributed by atoms with van der Waals surface area (Å²) < 4.78 is 1.93. The predicted molar refractivity (Wildman–Crippen MR) is 98.1 cm³/mol. The standard InChI is InChI=1S/C20H23N3O2/c1-13(24)22-18-3-2-4-19-17(18)7-8-23(19)12-20(25)21-11-16-10-14-5-6-15(16)9-14/h2-8,14-16H,9-12H2,1H3,(H,21,25)(H,22,24)/t14-,15+,16+/m1/s1. The summed E-state index contributed by atoms with van der Waals surface area (Å²) in [7, 11) is 0. The van der Waals surface area contributed by atoms with Gasteiger partial charge in [-0.2, -0.15) is 0 Å². The highest BCUT2D eigenvalue weighted by Crippen LogP contribution is 2.42. The summed E-state index contributed by atoms with van der Waals surface area (Å²) in [5, 5.41) is 6.88. The molecule has 2 aliphatic carbocycles. The van der Waals surface area contributed by atoms with Crippen LogP contribution in [0.2, 0.25) is 0 Å². The summed E-state index contributed by atoms with van der Waals surface area (Å²) in [5.74, 6) is 1.91. The Morgan fingerprint density at radius 2 is 2.08 bits per heavy atom. The molecule has 1 aromatic heterocycles. The van der Waals surface area contributed by atoms with Gasteiger partial charge >= 0.3 is 0 Å². The average molecular weight is 337 g/mol. The summed E-state index contributed by atoms with van der Waals surface area (Å²) in [4.78, 5) is 23.7. The number of hydrogen-bond donors (Lipinski definition) is 2. The van der Waals surface area contributed by atoms with Crippen molar-refractivity contribution in [2.45, 2.75) is 26.3 Å². The van der Waals surface area contributed by atoms with Crippen molar-refractivity contribution in [3.8, 4) is 0 Å². The van der Waals surface area contributed by atoms with Crippen molar-refractivity contribution >= 4 is 28.4 Å². The summed E-state index contributed by atoms with van der Waals surface area (Å²) in [5.41, 5.74) is 1.72. The summed E-state index contributed by atoms with van der Waals surface area (Å²) in [6.07, 6.45) is 8.99. The summed E-state index contributed by atoms with van der Waals surface area (Å²) in [6.45, 7) is 2.55. The highest BCUT2D eigenvalue weighted by molar-refractivity contribution is 6.01. The van der Waals surface area contributed by atoms with Crippen LogP contribution in [0.1, 0.15) is 19.8 Å². The van der Waals surface area contributed by atoms with Gasteiger partial charge in [0.05, 0.1) is 11.2 Å². The largest absolute Gasteiger partial charge is 0.354 e. The van der Waals surface area contributed by atoms with Crippen LogP contribution >= 0.6 is 0 Å². The Kier molecular flexibility index (Phi) is 4.07. The molecule has 1 heterocycles. The molecule has 0 radical (unpaired) electrons. The van der Waals surface area contributed by atoms with Crippen LogP contribution in [0.15, 0.2) is 42.6 Å². The smallest absolute Gasteiger partial charge is 0.239 e. The van der Waals surface area contributed by atoms with Gasteiger partial charge in [-0.05, 0) is 48.8 Å². The maximum Gasteiger partial charge on any atom is 0.239 e. The molecule has 0 spiro atoms. The summed E-state index contributed by atoms with van der Waals surface area (Å²) in [6, 6.07) is 7.67. The maximum atomic E-state index is 12.4. The molecular weight excluding hydrogens is 314 g/mol. The molecule has 3 atom stereocenters. The van der Waals surface area contributed by atoms with Gasteiger partial charge in [0.2, 0.25) is 11.8 Å². The number of nitrogens with one attached hydrogen (secondary N) is 2. The third-order valence-electron chi connectivity index (χ3n) is 5.42. The molecule has 0 unspecified atom stereocenters. The van der Waals surface area contributed by atoms with E-state index in [1.807, 2.05) is 35.0 Å². The minimum Gasteiger partial charge on any atom is -0.354 e. The third kappa shape index (κ3) is 3.18. The Morgan fingerprint density at radius 1 is 1.20 bits per heavy atom. The highest BCUT2D eigenvalue weighted by atomic mass is 16.2. The number of hydrogen-bond acceptors (Lipinski definition) is 2. The van der Waals surface area contributed by atoms with Crippen LogP contribution in [-0.2, 0) is 16.1 Å². The first-order chi connectivity index (χ1) is 12.1. The normalized spacial score (nSPS) is 24.0. The van der Waals surface area contributed by atoms with Crippen LogP contribution in [-0.4, -0.2) is 22.9 Å². The second-order valence-electron chi connectivity index (χ2n) is 7.21. The number of fused-ring (bicyclic) bond motifs is 3. The maximum absolute atomic E-state index is 12.4. The lowest BCUT2D eigenvalue weighted by Crippen LogP contribution is -2.33. The molecule has 25 heavy (non-hydrogen) atoms. The van der Waals surface area contributed by atoms with E-state index in [0.29, 0.717) is 18.4 Å². The van der Waals surface area contributed by atoms with Gasteiger partial charge in [-0.1, -0.05) is 18.2 Å². The van der Waals surface area contributed by atoms with Gasteiger partial charge in [-0.3, -0.25) is 9.59 Å². The van der Waals surface area contributed by atoms with E-state index < -0.39 is 0 Å². The fraction of sp³-hybridized carbons (Fsp3) is 0.400. The monoisotopic (exact) mass is 337 g/mol. The quantitative estimate of drug-likeness (QED) is 0.824. The van der Waals surface area contributed by atoms with Gasteiger partial charge < -0.3 is 15.2 Å². The Hall–Kier alpha value is -2.56. The number of amides is 2. The van der Waals surface area contributed by atoms with E-state index in [9.17, 15) is 9.59 Å². The number of carbonyl (C=O) groups excluding carboxylic acids is 2. The van der Waals surface area contributed by atoms with E-state index in [0.717, 1.165) is 29.1 Å². The molecule has 5 nitrogen and oxygen atoms in total. The number of rotatable bonds is 5. The molecule has 1 aromatic carbocycles. The molecule has 4 rings (SSSR count). The number of anilines is 1. The fourth-order valence-electron chi connectivity index (χ4n) is 4.24. The zero-order chi connectivity index (χ0) is 17.4. The SMILES string of the molecule is CC(=O)Nc1cccc2c1ccn2CC(=O)NC[C@@H]1C[C@@H]2C=C[C@H]1C2. The second-order valence-corrected chi connectivity index (χ2v) is 7.21. The van der Waals surface area contributed by atoms with E-state index in [4.69, 9.17) is 0 Å². The molecule has 2 bridgehead atoms. The molecule has 1 fully saturated rings. The first-order valence-electron chi connectivity index (χ1n) is 8.90.